The van der Waals surface area contributed by atoms with Gasteiger partial charge in [0.25, 0.3) is 5.91 Å². The monoisotopic (exact) mass is 402 g/mol. The van der Waals surface area contributed by atoms with Gasteiger partial charge in [-0.25, -0.2) is 4.79 Å². The van der Waals surface area contributed by atoms with E-state index in [1.165, 1.54) is 18.2 Å². The van der Waals surface area contributed by atoms with Crippen LogP contribution in [-0.2, 0) is 14.3 Å². The predicted molar refractivity (Wildman–Crippen MR) is 103 cm³/mol. The Morgan fingerprint density at radius 3 is 2.50 bits per heavy atom. The number of carbonyl (C=O) groups is 2. The molecule has 0 bridgehead atoms. The lowest BCUT2D eigenvalue weighted by Crippen LogP contribution is -2.24. The average Bonchev–Trinajstić information content (AvgIpc) is 2.70. The second kappa shape index (κ2) is 10.8. The number of nitrogens with one attached hydrogen (secondary N) is 1. The zero-order chi connectivity index (χ0) is 20.4. The van der Waals surface area contributed by atoms with Crippen molar-refractivity contribution in [3.63, 3.8) is 0 Å². The molecule has 0 aliphatic rings. The molecule has 28 heavy (non-hydrogen) atoms. The Labute approximate surface area is 167 Å². The van der Waals surface area contributed by atoms with Crippen molar-refractivity contribution < 1.29 is 23.8 Å². The molecule has 2 rings (SSSR count). The number of benzene rings is 2. The summed E-state index contributed by atoms with van der Waals surface area (Å²) in [6, 6.07) is 13.4. The fourth-order valence-electron chi connectivity index (χ4n) is 2.13. The predicted octanol–water partition coefficient (Wildman–Crippen LogP) is 3.56. The molecule has 0 atom stereocenters. The van der Waals surface area contributed by atoms with Crippen molar-refractivity contribution in [1.82, 2.24) is 0 Å². The van der Waals surface area contributed by atoms with Gasteiger partial charge in [0.2, 0.25) is 0 Å². The van der Waals surface area contributed by atoms with Gasteiger partial charge in [0.15, 0.2) is 24.7 Å². The number of nitrogens with zero attached hydrogens (tertiary/aromatic N) is 1. The number of carbonyl (C=O) groups excluding carboxylic acids is 2. The van der Waals surface area contributed by atoms with E-state index in [9.17, 15) is 9.59 Å². The molecule has 0 aromatic heterocycles. The van der Waals surface area contributed by atoms with E-state index < -0.39 is 18.5 Å². The first-order valence-electron chi connectivity index (χ1n) is 8.53. The highest BCUT2D eigenvalue weighted by Crippen LogP contribution is 2.26. The summed E-state index contributed by atoms with van der Waals surface area (Å²) >= 11 is 5.86. The van der Waals surface area contributed by atoms with Crippen LogP contribution < -0.4 is 14.8 Å². The summed E-state index contributed by atoms with van der Waals surface area (Å²) in [6.07, 6.45) is 0.839. The van der Waals surface area contributed by atoms with Gasteiger partial charge in [-0.15, -0.1) is 0 Å². The molecule has 0 spiro atoms. The second-order valence-corrected chi connectivity index (χ2v) is 6.03. The maximum atomic E-state index is 11.9. The molecule has 2 aromatic rings. The minimum Gasteiger partial charge on any atom is -0.490 e. The number of ether oxygens (including phenoxy) is 3. The van der Waals surface area contributed by atoms with Crippen LogP contribution in [0.4, 0.5) is 5.69 Å². The molecule has 8 heteroatoms. The third kappa shape index (κ3) is 6.49. The number of rotatable bonds is 9. The second-order valence-electron chi connectivity index (χ2n) is 5.59. The summed E-state index contributed by atoms with van der Waals surface area (Å²) in [4.78, 5) is 23.8. The third-order valence-electron chi connectivity index (χ3n) is 3.40. The highest BCUT2D eigenvalue weighted by Gasteiger charge is 2.12. The van der Waals surface area contributed by atoms with Crippen molar-refractivity contribution in [1.29, 1.82) is 5.26 Å². The molecule has 0 radical (unpaired) electrons. The largest absolute Gasteiger partial charge is 0.490 e. The van der Waals surface area contributed by atoms with E-state index in [1.807, 2.05) is 13.0 Å². The van der Waals surface area contributed by atoms with Gasteiger partial charge in [0.1, 0.15) is 6.07 Å². The van der Waals surface area contributed by atoms with E-state index in [2.05, 4.69) is 5.32 Å². The van der Waals surface area contributed by atoms with Crippen LogP contribution in [0.15, 0.2) is 42.5 Å². The Morgan fingerprint density at radius 2 is 1.82 bits per heavy atom. The molecule has 0 heterocycles. The minimum absolute atomic E-state index is 0.245. The number of hydrogen-bond acceptors (Lipinski definition) is 6. The highest BCUT2D eigenvalue weighted by atomic mass is 35.5. The fraction of sp³-hybridized carbons (Fsp3) is 0.250. The quantitative estimate of drug-likeness (QED) is 0.644. The van der Waals surface area contributed by atoms with Crippen molar-refractivity contribution in [3.8, 4) is 17.6 Å². The number of amides is 1. The minimum atomic E-state index is -0.716. The molecule has 146 valence electrons. The van der Waals surface area contributed by atoms with Gasteiger partial charge in [-0.1, -0.05) is 30.7 Å². The molecule has 0 fully saturated rings. The maximum Gasteiger partial charge on any atom is 0.344 e. The summed E-state index contributed by atoms with van der Waals surface area (Å²) in [6.45, 7) is 1.61. The van der Waals surface area contributed by atoms with Crippen molar-refractivity contribution in [2.75, 3.05) is 25.1 Å². The maximum absolute atomic E-state index is 11.9. The smallest absolute Gasteiger partial charge is 0.344 e. The molecular formula is C20H19ClN2O5. The number of esters is 1. The topological polar surface area (TPSA) is 97.7 Å². The summed E-state index contributed by atoms with van der Waals surface area (Å²) in [5.41, 5.74) is 0.491. The van der Waals surface area contributed by atoms with Crippen LogP contribution in [0.3, 0.4) is 0 Å². The van der Waals surface area contributed by atoms with Crippen molar-refractivity contribution in [3.05, 3.63) is 53.1 Å². The molecule has 7 nitrogen and oxygen atoms in total. The van der Waals surface area contributed by atoms with Gasteiger partial charge in [0.05, 0.1) is 17.9 Å². The van der Waals surface area contributed by atoms with Gasteiger partial charge in [-0.2, -0.15) is 5.26 Å². The zero-order valence-electron chi connectivity index (χ0n) is 15.2. The van der Waals surface area contributed by atoms with Gasteiger partial charge >= 0.3 is 5.97 Å². The molecule has 0 aliphatic carbocycles. The SMILES string of the molecule is CCCOc1ccccc1OCC(=O)OCC(=O)Nc1cc(Cl)ccc1C#N. The van der Waals surface area contributed by atoms with Crippen LogP contribution in [0.2, 0.25) is 5.02 Å². The molecule has 0 saturated carbocycles. The van der Waals surface area contributed by atoms with Crippen LogP contribution in [0.5, 0.6) is 11.5 Å². The normalized spacial score (nSPS) is 9.89. The Hall–Kier alpha value is -3.24. The summed E-state index contributed by atoms with van der Waals surface area (Å²) in [5.74, 6) is -0.374. The number of hydrogen-bond donors (Lipinski definition) is 1. The van der Waals surface area contributed by atoms with E-state index in [-0.39, 0.29) is 17.9 Å². The lowest BCUT2D eigenvalue weighted by atomic mass is 10.2. The number of para-hydroxylation sites is 2. The third-order valence-corrected chi connectivity index (χ3v) is 3.63. The highest BCUT2D eigenvalue weighted by molar-refractivity contribution is 6.31. The van der Waals surface area contributed by atoms with Crippen LogP contribution >= 0.6 is 11.6 Å². The molecule has 1 amide bonds. The Morgan fingerprint density at radius 1 is 1.11 bits per heavy atom. The Kier molecular flexibility index (Phi) is 8.12. The van der Waals surface area contributed by atoms with Crippen LogP contribution in [0, 0.1) is 11.3 Å². The molecular weight excluding hydrogens is 384 g/mol. The molecule has 1 N–H and O–H groups in total. The number of nitriles is 1. The Balaban J connectivity index is 1.82. The number of halogens is 1. The average molecular weight is 403 g/mol. The first-order valence-corrected chi connectivity index (χ1v) is 8.91. The number of anilines is 1. The van der Waals surface area contributed by atoms with E-state index in [1.54, 1.807) is 24.3 Å². The molecule has 0 unspecified atom stereocenters. The lowest BCUT2D eigenvalue weighted by Gasteiger charge is -2.12. The van der Waals surface area contributed by atoms with Crippen LogP contribution in [0.25, 0.3) is 0 Å². The van der Waals surface area contributed by atoms with Gasteiger partial charge in [0, 0.05) is 5.02 Å². The molecule has 2 aromatic carbocycles. The Bertz CT molecular complexity index is 879. The molecule has 0 aliphatic heterocycles. The lowest BCUT2D eigenvalue weighted by molar-refractivity contribution is -0.149. The van der Waals surface area contributed by atoms with Gasteiger partial charge in [-0.05, 0) is 36.8 Å². The summed E-state index contributed by atoms with van der Waals surface area (Å²) in [7, 11) is 0. The summed E-state index contributed by atoms with van der Waals surface area (Å²) < 4.78 is 15.8. The van der Waals surface area contributed by atoms with Gasteiger partial charge in [-0.3, -0.25) is 4.79 Å². The van der Waals surface area contributed by atoms with Crippen LogP contribution in [0.1, 0.15) is 18.9 Å². The first kappa shape index (κ1) is 21.1. The van der Waals surface area contributed by atoms with E-state index in [4.69, 9.17) is 31.1 Å². The van der Waals surface area contributed by atoms with E-state index in [0.717, 1.165) is 6.42 Å². The zero-order valence-corrected chi connectivity index (χ0v) is 16.0. The first-order chi connectivity index (χ1) is 13.5. The summed E-state index contributed by atoms with van der Waals surface area (Å²) in [5, 5.41) is 11.9. The van der Waals surface area contributed by atoms with Gasteiger partial charge < -0.3 is 19.5 Å². The molecule has 0 saturated heterocycles. The standard InChI is InChI=1S/C20H19ClN2O5/c1-2-9-26-17-5-3-4-6-18(17)27-13-20(25)28-12-19(24)23-16-10-15(21)8-7-14(16)11-22/h3-8,10H,2,9,12-13H2,1H3,(H,23,24). The van der Waals surface area contributed by atoms with E-state index in [0.29, 0.717) is 23.1 Å². The van der Waals surface area contributed by atoms with Crippen molar-refractivity contribution in [2.24, 2.45) is 0 Å². The van der Waals surface area contributed by atoms with E-state index >= 15 is 0 Å². The van der Waals surface area contributed by atoms with Crippen molar-refractivity contribution >= 4 is 29.2 Å². The van der Waals surface area contributed by atoms with Crippen molar-refractivity contribution in [2.45, 2.75) is 13.3 Å². The fourth-order valence-corrected chi connectivity index (χ4v) is 2.30. The van der Waals surface area contributed by atoms with Crippen LogP contribution in [-0.4, -0.2) is 31.7 Å².